The van der Waals surface area contributed by atoms with E-state index >= 15 is 0 Å². The van der Waals surface area contributed by atoms with Crippen molar-refractivity contribution in [1.82, 2.24) is 4.57 Å². The van der Waals surface area contributed by atoms with Gasteiger partial charge in [-0.3, -0.25) is 0 Å². The van der Waals surface area contributed by atoms with Gasteiger partial charge in [-0.05, 0) is 48.6 Å². The summed E-state index contributed by atoms with van der Waals surface area (Å²) in [7, 11) is 0. The topological polar surface area (TPSA) is 28.7 Å². The molecule has 8 heteroatoms. The van der Waals surface area contributed by atoms with Crippen LogP contribution in [0.1, 0.15) is 54.5 Å². The molecule has 0 aliphatic heterocycles. The van der Waals surface area contributed by atoms with Crippen LogP contribution in [0, 0.1) is 17.1 Å². The highest BCUT2D eigenvalue weighted by Crippen LogP contribution is 2.59. The molecular formula is C19H16Cl5FN2. The Balaban J connectivity index is 2.54. The normalized spacial score (nSPS) is 21.4. The predicted molar refractivity (Wildman–Crippen MR) is 110 cm³/mol. The first-order chi connectivity index (χ1) is 12.3. The second kappa shape index (κ2) is 6.71. The molecule has 27 heavy (non-hydrogen) atoms. The van der Waals surface area contributed by atoms with Gasteiger partial charge in [0.25, 0.3) is 0 Å². The molecule has 0 amide bonds. The third-order valence-corrected chi connectivity index (χ3v) is 5.99. The summed E-state index contributed by atoms with van der Waals surface area (Å²) in [5.74, 6) is -0.397. The fourth-order valence-electron chi connectivity index (χ4n) is 4.30. The third kappa shape index (κ3) is 3.34. The fourth-order valence-corrected chi connectivity index (χ4v) is 5.25. The number of alkyl halides is 5. The largest absolute Gasteiger partial charge is 0.310 e. The van der Waals surface area contributed by atoms with Crippen LogP contribution in [0.2, 0.25) is 0 Å². The van der Waals surface area contributed by atoms with Crippen LogP contribution in [-0.4, -0.2) is 4.57 Å². The van der Waals surface area contributed by atoms with Gasteiger partial charge in [-0.25, -0.2) is 4.39 Å². The Morgan fingerprint density at radius 3 is 2.11 bits per heavy atom. The maximum Gasteiger partial charge on any atom is 0.231 e. The minimum absolute atomic E-state index is 0.310. The van der Waals surface area contributed by atoms with Crippen LogP contribution in [0.25, 0.3) is 5.69 Å². The molecule has 1 aliphatic carbocycles. The summed E-state index contributed by atoms with van der Waals surface area (Å²) >= 11 is 31.8. The molecule has 0 saturated heterocycles. The first kappa shape index (κ1) is 21.1. The molecule has 3 rings (SSSR count). The first-order valence-corrected chi connectivity index (χ1v) is 10.2. The number of hydrogen-bond donors (Lipinski definition) is 0. The molecule has 2 nitrogen and oxygen atoms in total. The van der Waals surface area contributed by atoms with Crippen molar-refractivity contribution >= 4 is 58.0 Å². The van der Waals surface area contributed by atoms with E-state index in [1.54, 1.807) is 16.7 Å². The zero-order valence-corrected chi connectivity index (χ0v) is 18.5. The lowest BCUT2D eigenvalue weighted by Crippen LogP contribution is -2.25. The van der Waals surface area contributed by atoms with E-state index in [9.17, 15) is 9.65 Å². The summed E-state index contributed by atoms with van der Waals surface area (Å²) in [6, 6.07) is 8.09. The summed E-state index contributed by atoms with van der Waals surface area (Å²) in [5.41, 5.74) is 1.50. The second-order valence-corrected chi connectivity index (χ2v) is 11.0. The number of aromatic nitrogens is 1. The van der Waals surface area contributed by atoms with Gasteiger partial charge >= 0.3 is 0 Å². The zero-order chi connectivity index (χ0) is 20.4. The molecule has 1 aromatic carbocycles. The molecule has 0 saturated carbocycles. The molecule has 0 spiro atoms. The number of halogens is 6. The molecule has 1 aliphatic rings. The maximum atomic E-state index is 13.5. The van der Waals surface area contributed by atoms with Gasteiger partial charge in [0.1, 0.15) is 10.7 Å². The lowest BCUT2D eigenvalue weighted by atomic mass is 9.80. The Bertz CT molecular complexity index is 935. The smallest absolute Gasteiger partial charge is 0.231 e. The van der Waals surface area contributed by atoms with Crippen LogP contribution in [-0.2, 0) is 14.6 Å². The maximum absolute atomic E-state index is 13.5. The molecule has 0 N–H and O–H groups in total. The molecular weight excluding hydrogens is 452 g/mol. The molecule has 1 atom stereocenters. The Hall–Kier alpha value is -0.630. The Morgan fingerprint density at radius 1 is 1.11 bits per heavy atom. The van der Waals surface area contributed by atoms with E-state index in [4.69, 9.17) is 58.0 Å². The van der Waals surface area contributed by atoms with Crippen molar-refractivity contribution in [2.75, 3.05) is 0 Å². The van der Waals surface area contributed by atoms with Crippen molar-refractivity contribution in [3.05, 3.63) is 52.6 Å². The van der Waals surface area contributed by atoms with Crippen molar-refractivity contribution in [2.24, 2.45) is 0 Å². The molecule has 1 aromatic heterocycles. The van der Waals surface area contributed by atoms with Crippen molar-refractivity contribution in [3.63, 3.8) is 0 Å². The van der Waals surface area contributed by atoms with Gasteiger partial charge in [0, 0.05) is 11.3 Å². The van der Waals surface area contributed by atoms with E-state index < -0.39 is 25.3 Å². The van der Waals surface area contributed by atoms with Gasteiger partial charge in [-0.1, -0.05) is 71.9 Å². The number of fused-ring (bicyclic) bond motifs is 1. The van der Waals surface area contributed by atoms with E-state index in [0.717, 1.165) is 5.56 Å². The third-order valence-electron chi connectivity index (χ3n) is 5.04. The molecule has 2 aromatic rings. The van der Waals surface area contributed by atoms with Crippen LogP contribution in [0.3, 0.4) is 0 Å². The van der Waals surface area contributed by atoms with Crippen LogP contribution in [0.15, 0.2) is 24.3 Å². The second-order valence-electron chi connectivity index (χ2n) is 7.60. The van der Waals surface area contributed by atoms with Crippen LogP contribution < -0.4 is 0 Å². The summed E-state index contributed by atoms with van der Waals surface area (Å²) in [4.78, 5) is -0.940. The number of benzene rings is 1. The van der Waals surface area contributed by atoms with E-state index in [1.165, 1.54) is 12.1 Å². The monoisotopic (exact) mass is 466 g/mol. The Morgan fingerprint density at radius 2 is 1.67 bits per heavy atom. The van der Waals surface area contributed by atoms with Crippen LogP contribution in [0.5, 0.6) is 0 Å². The lowest BCUT2D eigenvalue weighted by Gasteiger charge is -2.27. The van der Waals surface area contributed by atoms with Crippen molar-refractivity contribution in [1.29, 1.82) is 5.26 Å². The first-order valence-electron chi connectivity index (χ1n) is 8.15. The number of hydrogen-bond acceptors (Lipinski definition) is 1. The van der Waals surface area contributed by atoms with Crippen molar-refractivity contribution < 1.29 is 4.39 Å². The number of rotatable bonds is 2. The van der Waals surface area contributed by atoms with E-state index in [2.05, 4.69) is 6.07 Å². The predicted octanol–water partition coefficient (Wildman–Crippen LogP) is 7.38. The summed E-state index contributed by atoms with van der Waals surface area (Å²) in [5, 5.41) is 9.94. The molecule has 144 valence electrons. The zero-order valence-electron chi connectivity index (χ0n) is 14.8. The van der Waals surface area contributed by atoms with E-state index in [-0.39, 0.29) is 0 Å². The summed E-state index contributed by atoms with van der Waals surface area (Å²) < 4.78 is 13.3. The Kier molecular flexibility index (Phi) is 5.24. The lowest BCUT2D eigenvalue weighted by molar-refractivity contribution is 0.433. The van der Waals surface area contributed by atoms with Gasteiger partial charge < -0.3 is 4.57 Å². The highest BCUT2D eigenvalue weighted by Gasteiger charge is 2.54. The minimum Gasteiger partial charge on any atom is -0.310 e. The SMILES string of the molecule is CC1(C)CC(C)(C#N)c2c1c(C(Cl)Cl)n(-c1ccc(F)cc1)c2C(Cl)(Cl)Cl. The standard InChI is InChI=1S/C19H16Cl5FN2/c1-17(2)8-18(3,9-26)13-12(17)14(16(20)21)27(15(13)19(22,23)24)11-6-4-10(25)5-7-11/h4-7,16H,8H2,1-3H3. The van der Waals surface area contributed by atoms with E-state index in [1.807, 2.05) is 20.8 Å². The van der Waals surface area contributed by atoms with Crippen molar-refractivity contribution in [3.8, 4) is 11.8 Å². The molecule has 0 radical (unpaired) electrons. The molecule has 0 bridgehead atoms. The van der Waals surface area contributed by atoms with E-state index in [0.29, 0.717) is 29.1 Å². The van der Waals surface area contributed by atoms with Crippen molar-refractivity contribution in [2.45, 2.75) is 46.7 Å². The molecule has 1 heterocycles. The van der Waals surface area contributed by atoms with Gasteiger partial charge in [-0.2, -0.15) is 5.26 Å². The van der Waals surface area contributed by atoms with Crippen LogP contribution in [0.4, 0.5) is 4.39 Å². The quantitative estimate of drug-likeness (QED) is 0.423. The highest BCUT2D eigenvalue weighted by molar-refractivity contribution is 6.66. The number of nitrogens with zero attached hydrogens (tertiary/aromatic N) is 2. The number of nitriles is 1. The van der Waals surface area contributed by atoms with Crippen LogP contribution >= 0.6 is 58.0 Å². The summed E-state index contributed by atoms with van der Waals surface area (Å²) in [6.45, 7) is 5.83. The highest BCUT2D eigenvalue weighted by atomic mass is 35.6. The van der Waals surface area contributed by atoms with Gasteiger partial charge in [0.05, 0.1) is 22.9 Å². The average molecular weight is 469 g/mol. The van der Waals surface area contributed by atoms with Gasteiger partial charge in [0.2, 0.25) is 3.79 Å². The minimum atomic E-state index is -1.85. The average Bonchev–Trinajstić information content (AvgIpc) is 3.01. The van der Waals surface area contributed by atoms with Gasteiger partial charge in [0.15, 0.2) is 0 Å². The molecule has 1 unspecified atom stereocenters. The Labute approximate surface area is 182 Å². The molecule has 0 fully saturated rings. The van der Waals surface area contributed by atoms with Gasteiger partial charge in [-0.15, -0.1) is 0 Å². The fraction of sp³-hybridized carbons (Fsp3) is 0.421. The summed E-state index contributed by atoms with van der Waals surface area (Å²) in [6.07, 6.45) is 0.534.